The Morgan fingerprint density at radius 2 is 0.549 bits per heavy atom. The maximum absolute atomic E-state index is 12.8. The highest BCUT2D eigenvalue weighted by Crippen LogP contribution is 2.15. The van der Waals surface area contributed by atoms with Crippen LogP contribution in [0, 0.1) is 0 Å². The molecule has 0 saturated heterocycles. The van der Waals surface area contributed by atoms with E-state index in [0.717, 1.165) is 122 Å². The Hall–Kier alpha value is -3.93. The second kappa shape index (κ2) is 58.6. The van der Waals surface area contributed by atoms with Crippen LogP contribution in [0.15, 0.2) is 109 Å². The van der Waals surface area contributed by atoms with E-state index in [-0.39, 0.29) is 31.1 Å². The van der Waals surface area contributed by atoms with Crippen LogP contribution in [0.3, 0.4) is 0 Å². The number of carbonyl (C=O) groups excluding carboxylic acids is 3. The van der Waals surface area contributed by atoms with Gasteiger partial charge in [0.1, 0.15) is 13.2 Å². The third-order valence-corrected chi connectivity index (χ3v) is 12.3. The normalized spacial score (nSPS) is 12.9. The number of carbonyl (C=O) groups is 3. The van der Waals surface area contributed by atoms with E-state index in [9.17, 15) is 14.4 Å². The molecule has 71 heavy (non-hydrogen) atoms. The molecule has 0 aliphatic carbocycles. The molecular weight excluding hydrogens is 877 g/mol. The SMILES string of the molecule is CC/C=C\C/C=C\C/C=C\C/C=C\C/C=C\C/C=C\C/C=C\C/C=C\C/C=C\CCCCCC(=O)OCC(COC(=O)CCCCCCCCCCCCC)OC(=O)CCCCCCCCCCCCC. The highest BCUT2D eigenvalue weighted by atomic mass is 16.6. The zero-order valence-electron chi connectivity index (χ0n) is 46.2. The molecule has 0 aliphatic rings. The molecule has 0 aromatic carbocycles. The molecule has 0 bridgehead atoms. The molecule has 0 rings (SSSR count). The number of allylic oxidation sites excluding steroid dienone is 18. The quantitative estimate of drug-likeness (QED) is 0.0261. The van der Waals surface area contributed by atoms with Crippen molar-refractivity contribution >= 4 is 17.9 Å². The minimum absolute atomic E-state index is 0.0859. The van der Waals surface area contributed by atoms with E-state index < -0.39 is 6.10 Å². The van der Waals surface area contributed by atoms with Gasteiger partial charge in [-0.05, 0) is 89.9 Å². The lowest BCUT2D eigenvalue weighted by atomic mass is 10.1. The van der Waals surface area contributed by atoms with Crippen LogP contribution in [-0.4, -0.2) is 37.2 Å². The number of unbranched alkanes of at least 4 members (excludes halogenated alkanes) is 23. The molecule has 0 aromatic heterocycles. The number of hydrogen-bond acceptors (Lipinski definition) is 6. The molecule has 6 heteroatoms. The number of ether oxygens (including phenoxy) is 3. The van der Waals surface area contributed by atoms with Crippen molar-refractivity contribution in [1.82, 2.24) is 0 Å². The van der Waals surface area contributed by atoms with Crippen molar-refractivity contribution in [3.63, 3.8) is 0 Å². The van der Waals surface area contributed by atoms with Gasteiger partial charge in [-0.3, -0.25) is 14.4 Å². The van der Waals surface area contributed by atoms with E-state index in [1.54, 1.807) is 0 Å². The van der Waals surface area contributed by atoms with Crippen LogP contribution < -0.4 is 0 Å². The second-order valence-corrected chi connectivity index (χ2v) is 19.2. The Bertz CT molecular complexity index is 1460. The molecular formula is C65H108O6. The van der Waals surface area contributed by atoms with Crippen LogP contribution in [0.5, 0.6) is 0 Å². The highest BCUT2D eigenvalue weighted by molar-refractivity contribution is 5.71. The van der Waals surface area contributed by atoms with Crippen molar-refractivity contribution in [2.24, 2.45) is 0 Å². The van der Waals surface area contributed by atoms with E-state index in [0.29, 0.717) is 19.3 Å². The largest absolute Gasteiger partial charge is 0.462 e. The Labute approximate surface area is 438 Å². The first kappa shape index (κ1) is 67.1. The van der Waals surface area contributed by atoms with Crippen LogP contribution in [0.2, 0.25) is 0 Å². The van der Waals surface area contributed by atoms with Crippen LogP contribution in [-0.2, 0) is 28.6 Å². The lowest BCUT2D eigenvalue weighted by Gasteiger charge is -2.18. The molecule has 6 nitrogen and oxygen atoms in total. The second-order valence-electron chi connectivity index (χ2n) is 19.2. The van der Waals surface area contributed by atoms with E-state index >= 15 is 0 Å². The monoisotopic (exact) mass is 985 g/mol. The fourth-order valence-electron chi connectivity index (χ4n) is 7.91. The maximum Gasteiger partial charge on any atom is 0.306 e. The van der Waals surface area contributed by atoms with Crippen molar-refractivity contribution in [1.29, 1.82) is 0 Å². The van der Waals surface area contributed by atoms with E-state index in [1.807, 2.05) is 0 Å². The molecule has 0 aromatic rings. The van der Waals surface area contributed by atoms with Gasteiger partial charge in [-0.25, -0.2) is 0 Å². The van der Waals surface area contributed by atoms with Gasteiger partial charge in [0, 0.05) is 19.3 Å². The van der Waals surface area contributed by atoms with Gasteiger partial charge in [-0.15, -0.1) is 0 Å². The van der Waals surface area contributed by atoms with Crippen molar-refractivity contribution in [3.8, 4) is 0 Å². The molecule has 1 atom stereocenters. The predicted octanol–water partition coefficient (Wildman–Crippen LogP) is 19.9. The van der Waals surface area contributed by atoms with Gasteiger partial charge in [-0.2, -0.15) is 0 Å². The summed E-state index contributed by atoms with van der Waals surface area (Å²) in [5.74, 6) is -0.920. The zero-order valence-corrected chi connectivity index (χ0v) is 46.2. The maximum atomic E-state index is 12.8. The van der Waals surface area contributed by atoms with Crippen molar-refractivity contribution in [2.45, 2.75) is 271 Å². The first-order valence-electron chi connectivity index (χ1n) is 29.4. The Kier molecular flexibility index (Phi) is 55.4. The predicted molar refractivity (Wildman–Crippen MR) is 307 cm³/mol. The van der Waals surface area contributed by atoms with Gasteiger partial charge in [0.05, 0.1) is 0 Å². The Morgan fingerprint density at radius 3 is 0.859 bits per heavy atom. The summed E-state index contributed by atoms with van der Waals surface area (Å²) in [5, 5.41) is 0. The fraction of sp³-hybridized carbons (Fsp3) is 0.677. The summed E-state index contributed by atoms with van der Waals surface area (Å²) in [7, 11) is 0. The fourth-order valence-corrected chi connectivity index (χ4v) is 7.91. The smallest absolute Gasteiger partial charge is 0.306 e. The first-order chi connectivity index (χ1) is 35.0. The summed E-state index contributed by atoms with van der Waals surface area (Å²) in [6.45, 7) is 6.48. The van der Waals surface area contributed by atoms with Crippen LogP contribution >= 0.6 is 0 Å². The van der Waals surface area contributed by atoms with Gasteiger partial charge >= 0.3 is 17.9 Å². The molecule has 1 unspecified atom stereocenters. The first-order valence-corrected chi connectivity index (χ1v) is 29.4. The summed E-state index contributed by atoms with van der Waals surface area (Å²) in [6, 6.07) is 0. The summed E-state index contributed by atoms with van der Waals surface area (Å²) < 4.78 is 16.8. The molecule has 0 spiro atoms. The molecule has 0 aliphatic heterocycles. The number of rotatable bonds is 52. The summed E-state index contributed by atoms with van der Waals surface area (Å²) >= 11 is 0. The number of hydrogen-bond donors (Lipinski definition) is 0. The minimum atomic E-state index is -0.788. The summed E-state index contributed by atoms with van der Waals surface area (Å²) in [6.07, 6.45) is 79.5. The lowest BCUT2D eigenvalue weighted by Crippen LogP contribution is -2.30. The third-order valence-electron chi connectivity index (χ3n) is 12.3. The van der Waals surface area contributed by atoms with E-state index in [1.165, 1.54) is 103 Å². The van der Waals surface area contributed by atoms with Gasteiger partial charge < -0.3 is 14.2 Å². The average Bonchev–Trinajstić information content (AvgIpc) is 3.37. The van der Waals surface area contributed by atoms with Crippen molar-refractivity contribution in [3.05, 3.63) is 109 Å². The van der Waals surface area contributed by atoms with E-state index in [2.05, 4.69) is 130 Å². The van der Waals surface area contributed by atoms with Gasteiger partial charge in [0.15, 0.2) is 6.10 Å². The van der Waals surface area contributed by atoms with Gasteiger partial charge in [-0.1, -0.05) is 265 Å². The molecule has 0 N–H and O–H groups in total. The minimum Gasteiger partial charge on any atom is -0.462 e. The van der Waals surface area contributed by atoms with Crippen molar-refractivity contribution < 1.29 is 28.6 Å². The molecule has 0 heterocycles. The van der Waals surface area contributed by atoms with Crippen molar-refractivity contribution in [2.75, 3.05) is 13.2 Å². The number of esters is 3. The molecule has 0 amide bonds. The standard InChI is InChI=1S/C65H108O6/c1-4-7-10-13-16-19-22-23-24-25-26-27-28-29-30-31-32-33-34-35-36-37-38-39-40-41-44-46-49-52-55-58-64(67)70-61-62(71-65(68)59-56-53-50-47-43-21-18-15-12-9-6-3)60-69-63(66)57-54-51-48-45-42-20-17-14-11-8-5-2/h7,10,16,19,23-24,26-27,29-30,32-33,35-36,38-39,41,44,62H,4-6,8-9,11-15,17-18,20-22,25,28,31,34,37,40,42-43,45-61H2,1-3H3/b10-7-,19-16-,24-23-,27-26-,30-29-,33-32-,36-35-,39-38-,44-41-. The van der Waals surface area contributed by atoms with Crippen LogP contribution in [0.1, 0.15) is 265 Å². The zero-order chi connectivity index (χ0) is 51.4. The Morgan fingerprint density at radius 1 is 0.296 bits per heavy atom. The topological polar surface area (TPSA) is 78.9 Å². The van der Waals surface area contributed by atoms with Gasteiger partial charge in [0.25, 0.3) is 0 Å². The molecule has 0 radical (unpaired) electrons. The average molecular weight is 986 g/mol. The summed E-state index contributed by atoms with van der Waals surface area (Å²) in [5.41, 5.74) is 0. The van der Waals surface area contributed by atoms with E-state index in [4.69, 9.17) is 14.2 Å². The molecule has 0 saturated carbocycles. The van der Waals surface area contributed by atoms with Crippen LogP contribution in [0.4, 0.5) is 0 Å². The third kappa shape index (κ3) is 56.9. The van der Waals surface area contributed by atoms with Gasteiger partial charge in [0.2, 0.25) is 0 Å². The summed E-state index contributed by atoms with van der Waals surface area (Å²) in [4.78, 5) is 38.0. The Balaban J connectivity index is 4.28. The lowest BCUT2D eigenvalue weighted by molar-refractivity contribution is -0.167. The molecule has 404 valence electrons. The highest BCUT2D eigenvalue weighted by Gasteiger charge is 2.19. The molecule has 0 fully saturated rings. The van der Waals surface area contributed by atoms with Crippen LogP contribution in [0.25, 0.3) is 0 Å².